The number of hydrogen-bond donors (Lipinski definition) is 1. The highest BCUT2D eigenvalue weighted by Gasteiger charge is 2.32. The Bertz CT molecular complexity index is 708. The van der Waals surface area contributed by atoms with Crippen LogP contribution >= 0.6 is 0 Å². The molecule has 7 heteroatoms. The van der Waals surface area contributed by atoms with Gasteiger partial charge in [-0.3, -0.25) is 4.79 Å². The minimum absolute atomic E-state index is 0.00627. The Kier molecular flexibility index (Phi) is 5.67. The van der Waals surface area contributed by atoms with Crippen molar-refractivity contribution < 1.29 is 13.2 Å². The molecule has 134 valence electrons. The zero-order valence-electron chi connectivity index (χ0n) is 14.8. The number of amides is 1. The van der Waals surface area contributed by atoms with Crippen molar-refractivity contribution in [3.8, 4) is 0 Å². The second-order valence-corrected chi connectivity index (χ2v) is 8.56. The molecule has 2 N–H and O–H groups in total. The highest BCUT2D eigenvalue weighted by atomic mass is 32.2. The van der Waals surface area contributed by atoms with Gasteiger partial charge in [-0.15, -0.1) is 0 Å². The van der Waals surface area contributed by atoms with Crippen LogP contribution in [0.4, 0.5) is 0 Å². The van der Waals surface area contributed by atoms with Crippen LogP contribution in [0.3, 0.4) is 0 Å². The molecule has 0 aromatic heterocycles. The molecule has 0 saturated carbocycles. The van der Waals surface area contributed by atoms with Gasteiger partial charge in [-0.25, -0.2) is 8.42 Å². The highest BCUT2D eigenvalue weighted by molar-refractivity contribution is 7.89. The van der Waals surface area contributed by atoms with E-state index in [0.717, 1.165) is 11.1 Å². The maximum atomic E-state index is 12.8. The Hall–Kier alpha value is -1.44. The first-order valence-electron chi connectivity index (χ1n) is 8.26. The number of hydrogen-bond acceptors (Lipinski definition) is 4. The lowest BCUT2D eigenvalue weighted by Crippen LogP contribution is -2.53. The quantitative estimate of drug-likeness (QED) is 0.879. The average Bonchev–Trinajstić information content (AvgIpc) is 2.55. The molecule has 0 aliphatic carbocycles. The summed E-state index contributed by atoms with van der Waals surface area (Å²) in [6.45, 7) is 8.91. The number of aryl methyl sites for hydroxylation is 2. The third-order valence-corrected chi connectivity index (χ3v) is 6.74. The Morgan fingerprint density at radius 3 is 2.17 bits per heavy atom. The van der Waals surface area contributed by atoms with Crippen molar-refractivity contribution in [3.63, 3.8) is 0 Å². The molecule has 2 atom stereocenters. The lowest BCUT2D eigenvalue weighted by atomic mass is 10.0. The lowest BCUT2D eigenvalue weighted by Gasteiger charge is -2.35. The number of nitrogens with zero attached hydrogens (tertiary/aromatic N) is 2. The van der Waals surface area contributed by atoms with Crippen molar-refractivity contribution in [3.05, 3.63) is 29.3 Å². The van der Waals surface area contributed by atoms with E-state index in [-0.39, 0.29) is 17.9 Å². The van der Waals surface area contributed by atoms with Gasteiger partial charge in [0.15, 0.2) is 0 Å². The van der Waals surface area contributed by atoms with Crippen LogP contribution in [0.1, 0.15) is 25.0 Å². The zero-order chi connectivity index (χ0) is 18.1. The summed E-state index contributed by atoms with van der Waals surface area (Å²) in [7, 11) is -3.52. The van der Waals surface area contributed by atoms with E-state index in [4.69, 9.17) is 5.73 Å². The summed E-state index contributed by atoms with van der Waals surface area (Å²) in [6.07, 6.45) is 0. The predicted molar refractivity (Wildman–Crippen MR) is 94.1 cm³/mol. The molecule has 1 heterocycles. The van der Waals surface area contributed by atoms with Crippen LogP contribution in [-0.4, -0.2) is 55.8 Å². The molecule has 1 aliphatic heterocycles. The van der Waals surface area contributed by atoms with Gasteiger partial charge in [0.25, 0.3) is 0 Å². The van der Waals surface area contributed by atoms with E-state index in [1.165, 1.54) is 4.31 Å². The van der Waals surface area contributed by atoms with E-state index >= 15 is 0 Å². The molecule has 0 bridgehead atoms. The van der Waals surface area contributed by atoms with Crippen LogP contribution in [0.15, 0.2) is 23.1 Å². The fraction of sp³-hybridized carbons (Fsp3) is 0.588. The summed E-state index contributed by atoms with van der Waals surface area (Å²) in [5.41, 5.74) is 7.81. The SMILES string of the molecule is Cc1ccc(S(=O)(=O)N2CCN(C(=O)C(C)C(C)N)CC2)cc1C. The molecule has 2 unspecified atom stereocenters. The Balaban J connectivity index is 2.08. The van der Waals surface area contributed by atoms with Gasteiger partial charge < -0.3 is 10.6 Å². The number of benzene rings is 1. The first kappa shape index (κ1) is 18.9. The number of piperazine rings is 1. The van der Waals surface area contributed by atoms with Crippen LogP contribution in [0.2, 0.25) is 0 Å². The van der Waals surface area contributed by atoms with Crippen LogP contribution in [0.25, 0.3) is 0 Å². The highest BCUT2D eigenvalue weighted by Crippen LogP contribution is 2.21. The second-order valence-electron chi connectivity index (χ2n) is 6.62. The number of sulfonamides is 1. The average molecular weight is 353 g/mol. The van der Waals surface area contributed by atoms with Gasteiger partial charge in [0, 0.05) is 32.2 Å². The molecule has 0 radical (unpaired) electrons. The summed E-state index contributed by atoms with van der Waals surface area (Å²) >= 11 is 0. The zero-order valence-corrected chi connectivity index (χ0v) is 15.6. The minimum atomic E-state index is -3.52. The Morgan fingerprint density at radius 2 is 1.67 bits per heavy atom. The summed E-state index contributed by atoms with van der Waals surface area (Å²) < 4.78 is 27.0. The van der Waals surface area contributed by atoms with Crippen LogP contribution < -0.4 is 5.73 Å². The molecule has 24 heavy (non-hydrogen) atoms. The number of carbonyl (C=O) groups excluding carboxylic acids is 1. The summed E-state index contributed by atoms with van der Waals surface area (Å²) in [6, 6.07) is 4.97. The van der Waals surface area contributed by atoms with Crippen molar-refractivity contribution in [1.82, 2.24) is 9.21 Å². The van der Waals surface area contributed by atoms with E-state index in [1.54, 1.807) is 17.0 Å². The summed E-state index contributed by atoms with van der Waals surface area (Å²) in [5.74, 6) is -0.263. The normalized spacial score (nSPS) is 19.1. The van der Waals surface area contributed by atoms with E-state index in [9.17, 15) is 13.2 Å². The maximum Gasteiger partial charge on any atom is 0.243 e. The minimum Gasteiger partial charge on any atom is -0.340 e. The largest absolute Gasteiger partial charge is 0.340 e. The van der Waals surface area contributed by atoms with Crippen molar-refractivity contribution in [2.24, 2.45) is 11.7 Å². The van der Waals surface area contributed by atoms with Gasteiger partial charge in [0.2, 0.25) is 15.9 Å². The molecule has 1 aliphatic rings. The van der Waals surface area contributed by atoms with Crippen molar-refractivity contribution in [2.75, 3.05) is 26.2 Å². The topological polar surface area (TPSA) is 83.7 Å². The number of rotatable bonds is 4. The number of carbonyl (C=O) groups is 1. The van der Waals surface area contributed by atoms with Gasteiger partial charge in [-0.1, -0.05) is 13.0 Å². The van der Waals surface area contributed by atoms with E-state index in [0.29, 0.717) is 31.1 Å². The molecule has 0 spiro atoms. The van der Waals surface area contributed by atoms with Gasteiger partial charge in [-0.2, -0.15) is 4.31 Å². The standard InChI is InChI=1S/C17H27N3O3S/c1-12-5-6-16(11-13(12)2)24(22,23)20-9-7-19(8-10-20)17(21)14(3)15(4)18/h5-6,11,14-15H,7-10,18H2,1-4H3. The molecular formula is C17H27N3O3S. The third-order valence-electron chi connectivity index (χ3n) is 4.84. The van der Waals surface area contributed by atoms with Crippen LogP contribution in [0, 0.1) is 19.8 Å². The Labute approximate surface area is 144 Å². The maximum absolute atomic E-state index is 12.8. The molecule has 1 aromatic rings. The molecule has 2 rings (SSSR count). The predicted octanol–water partition coefficient (Wildman–Crippen LogP) is 1.12. The van der Waals surface area contributed by atoms with E-state index < -0.39 is 10.0 Å². The molecule has 1 amide bonds. The van der Waals surface area contributed by atoms with Gasteiger partial charge in [0.05, 0.1) is 10.8 Å². The van der Waals surface area contributed by atoms with Gasteiger partial charge in [-0.05, 0) is 44.0 Å². The first-order valence-corrected chi connectivity index (χ1v) is 9.70. The summed E-state index contributed by atoms with van der Waals surface area (Å²) in [5, 5.41) is 0. The number of nitrogens with two attached hydrogens (primary N) is 1. The second kappa shape index (κ2) is 7.21. The molecule has 1 aromatic carbocycles. The van der Waals surface area contributed by atoms with Gasteiger partial charge in [0.1, 0.15) is 0 Å². The molecule has 1 fully saturated rings. The van der Waals surface area contributed by atoms with E-state index in [1.807, 2.05) is 33.8 Å². The molecule has 1 saturated heterocycles. The smallest absolute Gasteiger partial charge is 0.243 e. The first-order chi connectivity index (χ1) is 11.1. The monoisotopic (exact) mass is 353 g/mol. The van der Waals surface area contributed by atoms with Gasteiger partial charge >= 0.3 is 0 Å². The fourth-order valence-electron chi connectivity index (χ4n) is 2.69. The van der Waals surface area contributed by atoms with Crippen molar-refractivity contribution in [2.45, 2.75) is 38.6 Å². The lowest BCUT2D eigenvalue weighted by molar-refractivity contribution is -0.136. The summed E-state index contributed by atoms with van der Waals surface area (Å²) in [4.78, 5) is 14.3. The fourth-order valence-corrected chi connectivity index (χ4v) is 4.19. The van der Waals surface area contributed by atoms with Crippen LogP contribution in [-0.2, 0) is 14.8 Å². The van der Waals surface area contributed by atoms with Crippen molar-refractivity contribution >= 4 is 15.9 Å². The molecular weight excluding hydrogens is 326 g/mol. The van der Waals surface area contributed by atoms with Crippen LogP contribution in [0.5, 0.6) is 0 Å². The molecule has 6 nitrogen and oxygen atoms in total. The van der Waals surface area contributed by atoms with E-state index in [2.05, 4.69) is 0 Å². The Morgan fingerprint density at radius 1 is 1.08 bits per heavy atom. The third kappa shape index (κ3) is 3.79. The van der Waals surface area contributed by atoms with Crippen molar-refractivity contribution in [1.29, 1.82) is 0 Å².